The zero-order chi connectivity index (χ0) is 24.1. The number of amides is 1. The van der Waals surface area contributed by atoms with E-state index < -0.39 is 65.4 Å². The van der Waals surface area contributed by atoms with Gasteiger partial charge in [-0.15, -0.1) is 0 Å². The molecule has 31 heavy (non-hydrogen) atoms. The summed E-state index contributed by atoms with van der Waals surface area (Å²) in [6, 6.07) is 0. The Labute approximate surface area is 181 Å². The molecule has 1 rings (SSSR count). The van der Waals surface area contributed by atoms with Crippen molar-refractivity contribution < 1.29 is 37.0 Å². The summed E-state index contributed by atoms with van der Waals surface area (Å²) in [6.07, 6.45) is -0.218. The molecule has 0 fully saturated rings. The number of nitrogens with one attached hydrogen (secondary N) is 1. The Kier molecular flexibility index (Phi) is 8.74. The SMILES string of the molecule is CCOC(=O)C(=Cc1c(F)c([Si](C)(C)C)c(F)c(F)c1NC(=O)OC(C)(C)C)OCC. The number of esters is 1. The highest BCUT2D eigenvalue weighted by molar-refractivity contribution is 6.88. The molecule has 6 nitrogen and oxygen atoms in total. The van der Waals surface area contributed by atoms with Crippen molar-refractivity contribution in [2.24, 2.45) is 0 Å². The van der Waals surface area contributed by atoms with Crippen LogP contribution in [0.5, 0.6) is 0 Å². The fourth-order valence-corrected chi connectivity index (χ4v) is 4.21. The highest BCUT2D eigenvalue weighted by atomic mass is 28.3. The molecule has 0 saturated carbocycles. The number of carbonyl (C=O) groups is 2. The predicted molar refractivity (Wildman–Crippen MR) is 115 cm³/mol. The summed E-state index contributed by atoms with van der Waals surface area (Å²) in [5.41, 5.74) is -2.28. The summed E-state index contributed by atoms with van der Waals surface area (Å²) in [5, 5.41) is 1.65. The first-order valence-corrected chi connectivity index (χ1v) is 13.4. The first-order chi connectivity index (χ1) is 14.1. The smallest absolute Gasteiger partial charge is 0.412 e. The normalized spacial score (nSPS) is 12.4. The maximum absolute atomic E-state index is 15.5. The highest BCUT2D eigenvalue weighted by Gasteiger charge is 2.33. The van der Waals surface area contributed by atoms with Crippen molar-refractivity contribution in [1.82, 2.24) is 0 Å². The van der Waals surface area contributed by atoms with Crippen molar-refractivity contribution in [3.63, 3.8) is 0 Å². The number of ether oxygens (including phenoxy) is 3. The van der Waals surface area contributed by atoms with E-state index in [1.54, 1.807) is 54.3 Å². The van der Waals surface area contributed by atoms with E-state index in [0.717, 1.165) is 6.08 Å². The lowest BCUT2D eigenvalue weighted by Gasteiger charge is -2.24. The lowest BCUT2D eigenvalue weighted by atomic mass is 10.1. The van der Waals surface area contributed by atoms with Crippen molar-refractivity contribution in [3.05, 3.63) is 28.8 Å². The molecule has 174 valence electrons. The summed E-state index contributed by atoms with van der Waals surface area (Å²) in [7, 11) is -2.72. The summed E-state index contributed by atoms with van der Waals surface area (Å²) < 4.78 is 60.5. The van der Waals surface area contributed by atoms with Gasteiger partial charge in [0.05, 0.1) is 27.0 Å². The van der Waals surface area contributed by atoms with Gasteiger partial charge in [-0.2, -0.15) is 0 Å². The molecule has 0 unspecified atom stereocenters. The van der Waals surface area contributed by atoms with Crippen LogP contribution in [-0.4, -0.2) is 39.0 Å². The Hall–Kier alpha value is -2.49. The Balaban J connectivity index is 3.81. The van der Waals surface area contributed by atoms with Crippen LogP contribution in [0.4, 0.5) is 23.7 Å². The first-order valence-electron chi connectivity index (χ1n) is 9.86. The fraction of sp³-hybridized carbons (Fsp3) is 0.524. The van der Waals surface area contributed by atoms with Crippen LogP contribution >= 0.6 is 0 Å². The Morgan fingerprint density at radius 3 is 1.97 bits per heavy atom. The minimum Gasteiger partial charge on any atom is -0.487 e. The van der Waals surface area contributed by atoms with Gasteiger partial charge in [0.2, 0.25) is 5.76 Å². The van der Waals surface area contributed by atoms with Crippen molar-refractivity contribution in [1.29, 1.82) is 0 Å². The molecule has 0 saturated heterocycles. The minimum absolute atomic E-state index is 0.0205. The van der Waals surface area contributed by atoms with Gasteiger partial charge in [-0.3, -0.25) is 5.32 Å². The molecule has 10 heteroatoms. The Bertz CT molecular complexity index is 873. The molecule has 0 heterocycles. The predicted octanol–water partition coefficient (Wildman–Crippen LogP) is 4.94. The molecule has 0 atom stereocenters. The Morgan fingerprint density at radius 2 is 1.52 bits per heavy atom. The third-order valence-corrected chi connectivity index (χ3v) is 5.72. The van der Waals surface area contributed by atoms with E-state index >= 15 is 8.78 Å². The summed E-state index contributed by atoms with van der Waals surface area (Å²) in [6.45, 7) is 12.8. The van der Waals surface area contributed by atoms with Gasteiger partial charge >= 0.3 is 12.1 Å². The van der Waals surface area contributed by atoms with Gasteiger partial charge in [0.1, 0.15) is 11.4 Å². The molecular formula is C21H30F3NO5Si. The lowest BCUT2D eigenvalue weighted by molar-refractivity contribution is -0.142. The second-order valence-electron chi connectivity index (χ2n) is 8.64. The van der Waals surface area contributed by atoms with E-state index in [9.17, 15) is 14.0 Å². The van der Waals surface area contributed by atoms with E-state index in [0.29, 0.717) is 0 Å². The topological polar surface area (TPSA) is 73.9 Å². The van der Waals surface area contributed by atoms with Crippen LogP contribution in [0, 0.1) is 17.5 Å². The molecule has 0 bridgehead atoms. The van der Waals surface area contributed by atoms with Crippen LogP contribution in [0.3, 0.4) is 0 Å². The van der Waals surface area contributed by atoms with Crippen molar-refractivity contribution in [3.8, 4) is 0 Å². The maximum Gasteiger partial charge on any atom is 0.412 e. The van der Waals surface area contributed by atoms with Gasteiger partial charge < -0.3 is 14.2 Å². The van der Waals surface area contributed by atoms with Crippen molar-refractivity contribution >= 4 is 37.1 Å². The van der Waals surface area contributed by atoms with Gasteiger partial charge in [0, 0.05) is 16.8 Å². The molecule has 0 aliphatic heterocycles. The molecule has 0 aliphatic rings. The average molecular weight is 462 g/mol. The van der Waals surface area contributed by atoms with Crippen molar-refractivity contribution in [2.45, 2.75) is 59.9 Å². The monoisotopic (exact) mass is 461 g/mol. The molecule has 0 aliphatic carbocycles. The van der Waals surface area contributed by atoms with E-state index in [1.165, 1.54) is 0 Å². The molecule has 0 aromatic heterocycles. The lowest BCUT2D eigenvalue weighted by Crippen LogP contribution is -2.44. The van der Waals surface area contributed by atoms with Gasteiger partial charge in [-0.25, -0.2) is 22.8 Å². The van der Waals surface area contributed by atoms with Gasteiger partial charge in [-0.1, -0.05) is 19.6 Å². The number of halogens is 3. The van der Waals surface area contributed by atoms with Gasteiger partial charge in [0.15, 0.2) is 11.6 Å². The average Bonchev–Trinajstić information content (AvgIpc) is 2.59. The van der Waals surface area contributed by atoms with Gasteiger partial charge in [-0.05, 0) is 34.6 Å². The fourth-order valence-electron chi connectivity index (χ4n) is 2.65. The first kappa shape index (κ1) is 26.5. The highest BCUT2D eigenvalue weighted by Crippen LogP contribution is 2.30. The zero-order valence-corrected chi connectivity index (χ0v) is 20.2. The summed E-state index contributed by atoms with van der Waals surface area (Å²) in [5.74, 6) is -5.27. The molecule has 1 N–H and O–H groups in total. The second kappa shape index (κ2) is 10.2. The summed E-state index contributed by atoms with van der Waals surface area (Å²) in [4.78, 5) is 24.4. The largest absolute Gasteiger partial charge is 0.487 e. The second-order valence-corrected chi connectivity index (χ2v) is 13.6. The van der Waals surface area contributed by atoms with Crippen molar-refractivity contribution in [2.75, 3.05) is 18.5 Å². The number of carbonyl (C=O) groups excluding carboxylic acids is 2. The third kappa shape index (κ3) is 7.02. The van der Waals surface area contributed by atoms with Crippen LogP contribution < -0.4 is 10.5 Å². The minimum atomic E-state index is -2.72. The molecule has 1 aromatic rings. The molecular weight excluding hydrogens is 431 g/mol. The van der Waals surface area contributed by atoms with E-state index in [2.05, 4.69) is 5.32 Å². The molecule has 0 radical (unpaired) electrons. The van der Waals surface area contributed by atoms with Crippen LogP contribution in [0.25, 0.3) is 6.08 Å². The van der Waals surface area contributed by atoms with E-state index in [4.69, 9.17) is 14.2 Å². The van der Waals surface area contributed by atoms with Crippen LogP contribution in [-0.2, 0) is 19.0 Å². The maximum atomic E-state index is 15.5. The quantitative estimate of drug-likeness (QED) is 0.205. The molecule has 1 amide bonds. The number of rotatable bonds is 7. The summed E-state index contributed by atoms with van der Waals surface area (Å²) >= 11 is 0. The number of hydrogen-bond acceptors (Lipinski definition) is 5. The van der Waals surface area contributed by atoms with Crippen LogP contribution in [0.2, 0.25) is 19.6 Å². The number of hydrogen-bond donors (Lipinski definition) is 1. The molecule has 1 aromatic carbocycles. The van der Waals surface area contributed by atoms with Gasteiger partial charge in [0.25, 0.3) is 0 Å². The standard InChI is InChI=1S/C21H30F3NO5Si/c1-9-28-13(19(26)29-10-2)11-12-14(22)18(31(6,7)8)16(24)15(23)17(12)25-20(27)30-21(3,4)5/h11H,9-10H2,1-8H3,(H,25,27). The van der Waals surface area contributed by atoms with Crippen LogP contribution in [0.1, 0.15) is 40.2 Å². The Morgan fingerprint density at radius 1 is 0.968 bits per heavy atom. The van der Waals surface area contributed by atoms with E-state index in [-0.39, 0.29) is 13.2 Å². The van der Waals surface area contributed by atoms with Crippen LogP contribution in [0.15, 0.2) is 5.76 Å². The number of anilines is 1. The third-order valence-electron chi connectivity index (χ3n) is 3.78. The molecule has 0 spiro atoms. The van der Waals surface area contributed by atoms with E-state index in [1.807, 2.05) is 0 Å². The number of benzene rings is 1. The zero-order valence-electron chi connectivity index (χ0n) is 19.2.